The standard InChI is InChI=1S/C25H27NO7S/c1-6-31-24(28)20-14(3)26-15(4)21(25(29)32-7-2)22(20)16-10-11-17(18(13-16)30-5)33-23(27)19-9-8-12-34-19/h8-13,22,26H,6-7H2,1-5H3. The first-order chi connectivity index (χ1) is 16.3. The third-order valence-corrected chi connectivity index (χ3v) is 6.05. The SMILES string of the molecule is CCOC(=O)C1=C(C)NC(C)=C(C(=O)OCC)C1c1ccc(OC(=O)c2cccs2)c(OC)c1. The van der Waals surface area contributed by atoms with Crippen LogP contribution in [-0.4, -0.2) is 38.2 Å². The van der Waals surface area contributed by atoms with E-state index in [-0.39, 0.29) is 24.7 Å². The predicted octanol–water partition coefficient (Wildman–Crippen LogP) is 4.34. The Morgan fingerprint density at radius 2 is 1.53 bits per heavy atom. The molecule has 9 heteroatoms. The molecule has 0 unspecified atom stereocenters. The molecule has 0 amide bonds. The number of carbonyl (C=O) groups is 3. The monoisotopic (exact) mass is 485 g/mol. The van der Waals surface area contributed by atoms with Crippen LogP contribution >= 0.6 is 11.3 Å². The molecule has 0 atom stereocenters. The second kappa shape index (κ2) is 11.0. The van der Waals surface area contributed by atoms with Gasteiger partial charge in [-0.25, -0.2) is 14.4 Å². The van der Waals surface area contributed by atoms with Crippen molar-refractivity contribution >= 4 is 29.2 Å². The molecule has 0 saturated heterocycles. The van der Waals surface area contributed by atoms with E-state index >= 15 is 0 Å². The first kappa shape index (κ1) is 25.0. The number of thiophene rings is 1. The fourth-order valence-electron chi connectivity index (χ4n) is 3.78. The van der Waals surface area contributed by atoms with E-state index in [0.717, 1.165) is 0 Å². The van der Waals surface area contributed by atoms with Gasteiger partial charge >= 0.3 is 17.9 Å². The van der Waals surface area contributed by atoms with Crippen molar-refractivity contribution < 1.29 is 33.3 Å². The van der Waals surface area contributed by atoms with E-state index in [4.69, 9.17) is 18.9 Å². The number of carbonyl (C=O) groups excluding carboxylic acids is 3. The molecular formula is C25H27NO7S. The van der Waals surface area contributed by atoms with Crippen LogP contribution in [0.1, 0.15) is 48.8 Å². The highest BCUT2D eigenvalue weighted by molar-refractivity contribution is 7.12. The maximum absolute atomic E-state index is 12.9. The largest absolute Gasteiger partial charge is 0.493 e. The van der Waals surface area contributed by atoms with Gasteiger partial charge in [0.1, 0.15) is 4.88 Å². The fraction of sp³-hybridized carbons (Fsp3) is 0.320. The van der Waals surface area contributed by atoms with Crippen LogP contribution in [0.3, 0.4) is 0 Å². The number of ether oxygens (including phenoxy) is 4. The minimum atomic E-state index is -0.768. The minimum Gasteiger partial charge on any atom is -0.493 e. The third-order valence-electron chi connectivity index (χ3n) is 5.20. The van der Waals surface area contributed by atoms with Crippen LogP contribution in [-0.2, 0) is 19.1 Å². The van der Waals surface area contributed by atoms with Crippen LogP contribution < -0.4 is 14.8 Å². The zero-order valence-electron chi connectivity index (χ0n) is 19.7. The molecule has 0 fully saturated rings. The molecule has 0 radical (unpaired) electrons. The van der Waals surface area contributed by atoms with Gasteiger partial charge in [0.2, 0.25) is 0 Å². The molecule has 180 valence electrons. The molecule has 8 nitrogen and oxygen atoms in total. The quantitative estimate of drug-likeness (QED) is 0.436. The molecule has 2 heterocycles. The predicted molar refractivity (Wildman–Crippen MR) is 127 cm³/mol. The highest BCUT2D eigenvalue weighted by Crippen LogP contribution is 2.42. The topological polar surface area (TPSA) is 100 Å². The smallest absolute Gasteiger partial charge is 0.353 e. The lowest BCUT2D eigenvalue weighted by atomic mass is 9.80. The molecule has 3 rings (SSSR count). The molecule has 1 aliphatic heterocycles. The number of nitrogens with one attached hydrogen (secondary N) is 1. The first-order valence-corrected chi connectivity index (χ1v) is 11.7. The maximum Gasteiger partial charge on any atom is 0.353 e. The van der Waals surface area contributed by atoms with Gasteiger partial charge in [-0.05, 0) is 56.8 Å². The number of rotatable bonds is 8. The fourth-order valence-corrected chi connectivity index (χ4v) is 4.38. The lowest BCUT2D eigenvalue weighted by molar-refractivity contribution is -0.139. The van der Waals surface area contributed by atoms with Crippen molar-refractivity contribution in [3.63, 3.8) is 0 Å². The average molecular weight is 486 g/mol. The third kappa shape index (κ3) is 5.14. The lowest BCUT2D eigenvalue weighted by Gasteiger charge is -2.30. The highest BCUT2D eigenvalue weighted by Gasteiger charge is 2.38. The summed E-state index contributed by atoms with van der Waals surface area (Å²) in [5.41, 5.74) is 2.31. The maximum atomic E-state index is 12.9. The van der Waals surface area contributed by atoms with Gasteiger partial charge in [-0.2, -0.15) is 0 Å². The number of dihydropyridines is 1. The van der Waals surface area contributed by atoms with Crippen molar-refractivity contribution in [2.45, 2.75) is 33.6 Å². The Hall–Kier alpha value is -3.59. The van der Waals surface area contributed by atoms with E-state index in [1.165, 1.54) is 18.4 Å². The van der Waals surface area contributed by atoms with E-state index in [1.54, 1.807) is 63.4 Å². The average Bonchev–Trinajstić information content (AvgIpc) is 3.34. The van der Waals surface area contributed by atoms with Crippen molar-refractivity contribution in [2.75, 3.05) is 20.3 Å². The van der Waals surface area contributed by atoms with Gasteiger partial charge in [0.15, 0.2) is 11.5 Å². The molecule has 0 spiro atoms. The van der Waals surface area contributed by atoms with E-state index in [9.17, 15) is 14.4 Å². The summed E-state index contributed by atoms with van der Waals surface area (Å²) in [6, 6.07) is 8.34. The Morgan fingerprint density at radius 3 is 2.03 bits per heavy atom. The van der Waals surface area contributed by atoms with Gasteiger partial charge in [0.25, 0.3) is 0 Å². The van der Waals surface area contributed by atoms with Crippen molar-refractivity contribution in [2.24, 2.45) is 0 Å². The zero-order valence-corrected chi connectivity index (χ0v) is 20.5. The molecule has 0 bridgehead atoms. The molecule has 2 aromatic rings. The zero-order chi connectivity index (χ0) is 24.8. The molecule has 0 saturated carbocycles. The highest BCUT2D eigenvalue weighted by atomic mass is 32.1. The first-order valence-electron chi connectivity index (χ1n) is 10.8. The van der Waals surface area contributed by atoms with Gasteiger partial charge in [0.05, 0.1) is 37.4 Å². The number of benzene rings is 1. The van der Waals surface area contributed by atoms with E-state index in [0.29, 0.717) is 33.0 Å². The van der Waals surface area contributed by atoms with Crippen molar-refractivity contribution in [1.29, 1.82) is 0 Å². The molecule has 34 heavy (non-hydrogen) atoms. The van der Waals surface area contributed by atoms with Crippen molar-refractivity contribution in [1.82, 2.24) is 5.32 Å². The van der Waals surface area contributed by atoms with Gasteiger partial charge < -0.3 is 24.3 Å². The molecule has 1 aromatic carbocycles. The summed E-state index contributed by atoms with van der Waals surface area (Å²) < 4.78 is 21.6. The van der Waals surface area contributed by atoms with E-state index in [1.807, 2.05) is 0 Å². The van der Waals surface area contributed by atoms with Gasteiger partial charge in [-0.15, -0.1) is 11.3 Å². The Morgan fingerprint density at radius 1 is 0.912 bits per heavy atom. The van der Waals surface area contributed by atoms with Crippen LogP contribution in [0.25, 0.3) is 0 Å². The normalized spacial score (nSPS) is 13.9. The Kier molecular flexibility index (Phi) is 8.12. The minimum absolute atomic E-state index is 0.181. The van der Waals surface area contributed by atoms with Crippen LogP contribution in [0.4, 0.5) is 0 Å². The number of hydrogen-bond acceptors (Lipinski definition) is 9. The number of esters is 3. The summed E-state index contributed by atoms with van der Waals surface area (Å²) >= 11 is 1.27. The molecule has 0 aliphatic carbocycles. The summed E-state index contributed by atoms with van der Waals surface area (Å²) in [5.74, 6) is -1.86. The van der Waals surface area contributed by atoms with Gasteiger partial charge in [0, 0.05) is 11.4 Å². The van der Waals surface area contributed by atoms with E-state index in [2.05, 4.69) is 5.32 Å². The Bertz CT molecular complexity index is 1110. The van der Waals surface area contributed by atoms with Gasteiger partial charge in [-0.3, -0.25) is 0 Å². The lowest BCUT2D eigenvalue weighted by Crippen LogP contribution is -2.32. The molecule has 1 aliphatic rings. The molecular weight excluding hydrogens is 458 g/mol. The van der Waals surface area contributed by atoms with Crippen LogP contribution in [0.15, 0.2) is 58.3 Å². The number of allylic oxidation sites excluding steroid dienone is 2. The summed E-state index contributed by atoms with van der Waals surface area (Å²) in [6.45, 7) is 7.29. The second-order valence-electron chi connectivity index (χ2n) is 7.35. The molecule has 1 aromatic heterocycles. The van der Waals surface area contributed by atoms with Crippen LogP contribution in [0.5, 0.6) is 11.5 Å². The number of hydrogen-bond donors (Lipinski definition) is 1. The number of methoxy groups -OCH3 is 1. The summed E-state index contributed by atoms with van der Waals surface area (Å²) in [7, 11) is 1.45. The van der Waals surface area contributed by atoms with Crippen LogP contribution in [0.2, 0.25) is 0 Å². The summed E-state index contributed by atoms with van der Waals surface area (Å²) in [5, 5.41) is 4.88. The van der Waals surface area contributed by atoms with E-state index < -0.39 is 23.8 Å². The van der Waals surface area contributed by atoms with Crippen molar-refractivity contribution in [3.05, 3.63) is 68.7 Å². The summed E-state index contributed by atoms with van der Waals surface area (Å²) in [6.07, 6.45) is 0. The van der Waals surface area contributed by atoms with Gasteiger partial charge in [-0.1, -0.05) is 12.1 Å². The molecule has 1 N–H and O–H groups in total. The second-order valence-corrected chi connectivity index (χ2v) is 8.30. The Labute approximate surface area is 202 Å². The van der Waals surface area contributed by atoms with Crippen molar-refractivity contribution in [3.8, 4) is 11.5 Å². The summed E-state index contributed by atoms with van der Waals surface area (Å²) in [4.78, 5) is 38.7. The Balaban J connectivity index is 2.08. The van der Waals surface area contributed by atoms with Crippen LogP contribution in [0, 0.1) is 0 Å².